The molecule has 0 bridgehead atoms. The van der Waals surface area contributed by atoms with Gasteiger partial charge in [-0.3, -0.25) is 14.9 Å². The molecule has 34 heavy (non-hydrogen) atoms. The minimum atomic E-state index is -0.886. The highest BCUT2D eigenvalue weighted by atomic mass is 32.1. The number of imide groups is 1. The van der Waals surface area contributed by atoms with Gasteiger partial charge in [0.2, 0.25) is 11.9 Å². The van der Waals surface area contributed by atoms with Crippen molar-refractivity contribution in [2.75, 3.05) is 23.7 Å². The van der Waals surface area contributed by atoms with E-state index in [2.05, 4.69) is 32.5 Å². The Morgan fingerprint density at radius 3 is 2.82 bits per heavy atom. The van der Waals surface area contributed by atoms with E-state index in [0.29, 0.717) is 31.9 Å². The number of benzene rings is 1. The summed E-state index contributed by atoms with van der Waals surface area (Å²) in [4.78, 5) is 47.2. The third kappa shape index (κ3) is 4.91. The van der Waals surface area contributed by atoms with E-state index in [1.54, 1.807) is 37.5 Å². The maximum Gasteiger partial charge on any atom is 0.325 e. The number of carbonyl (C=O) groups is 3. The lowest BCUT2D eigenvalue weighted by atomic mass is 10.0. The molecule has 1 aliphatic heterocycles. The Balaban J connectivity index is 1.43. The minimum Gasteiger partial charge on any atom is -0.352 e. The number of nitrogens with zero attached hydrogens (tertiary/aromatic N) is 3. The first-order valence-corrected chi connectivity index (χ1v) is 11.7. The summed E-state index contributed by atoms with van der Waals surface area (Å²) in [5.74, 6) is 0.0919. The number of carbonyl (C=O) groups excluding carboxylic acids is 3. The van der Waals surface area contributed by atoms with Crippen molar-refractivity contribution < 1.29 is 14.4 Å². The number of fused-ring (bicyclic) bond motifs is 1. The van der Waals surface area contributed by atoms with Gasteiger partial charge in [-0.2, -0.15) is 0 Å². The van der Waals surface area contributed by atoms with Gasteiger partial charge >= 0.3 is 6.03 Å². The Bertz CT molecular complexity index is 1270. The zero-order valence-corrected chi connectivity index (χ0v) is 19.9. The molecule has 176 valence electrons. The third-order valence-corrected chi connectivity index (χ3v) is 6.74. The molecule has 3 aromatic rings. The van der Waals surface area contributed by atoms with Crippen molar-refractivity contribution in [3.05, 3.63) is 49.2 Å². The highest BCUT2D eigenvalue weighted by Crippen LogP contribution is 2.34. The maximum atomic E-state index is 12.0. The van der Waals surface area contributed by atoms with E-state index in [1.807, 2.05) is 30.3 Å². The second kappa shape index (κ2) is 9.60. The summed E-state index contributed by atoms with van der Waals surface area (Å²) < 4.78 is 1.08. The number of anilines is 2. The smallest absolute Gasteiger partial charge is 0.325 e. The fourth-order valence-corrected chi connectivity index (χ4v) is 4.65. The molecule has 0 atom stereocenters. The summed E-state index contributed by atoms with van der Waals surface area (Å²) >= 11 is 1.60. The van der Waals surface area contributed by atoms with Gasteiger partial charge in [0.15, 0.2) is 0 Å². The van der Waals surface area contributed by atoms with Crippen LogP contribution in [0.4, 0.5) is 16.4 Å². The Morgan fingerprint density at radius 1 is 1.26 bits per heavy atom. The number of amides is 4. The highest BCUT2D eigenvalue weighted by Gasteiger charge is 2.45. The predicted molar refractivity (Wildman–Crippen MR) is 134 cm³/mol. The van der Waals surface area contributed by atoms with E-state index in [4.69, 9.17) is 0 Å². The molecule has 1 fully saturated rings. The van der Waals surface area contributed by atoms with Gasteiger partial charge in [0.1, 0.15) is 5.54 Å². The van der Waals surface area contributed by atoms with Gasteiger partial charge in [0, 0.05) is 36.1 Å². The molecular formula is C24H26N6O3S. The summed E-state index contributed by atoms with van der Waals surface area (Å²) in [5.41, 5.74) is 0.635. The van der Waals surface area contributed by atoms with Gasteiger partial charge in [-0.1, -0.05) is 6.08 Å². The van der Waals surface area contributed by atoms with Crippen molar-refractivity contribution in [3.8, 4) is 10.6 Å². The molecule has 1 aliphatic rings. The molecule has 9 nitrogen and oxygen atoms in total. The van der Waals surface area contributed by atoms with Gasteiger partial charge in [0.05, 0.1) is 10.6 Å². The second-order valence-electron chi connectivity index (χ2n) is 8.40. The zero-order valence-electron chi connectivity index (χ0n) is 19.1. The molecule has 2 aromatic heterocycles. The molecule has 0 unspecified atom stereocenters. The van der Waals surface area contributed by atoms with E-state index in [-0.39, 0.29) is 11.8 Å². The van der Waals surface area contributed by atoms with Crippen molar-refractivity contribution in [1.82, 2.24) is 20.2 Å². The average molecular weight is 479 g/mol. The lowest BCUT2D eigenvalue weighted by Gasteiger charge is -2.27. The molecule has 4 rings (SSSR count). The summed E-state index contributed by atoms with van der Waals surface area (Å²) in [6.07, 6.45) is 4.45. The van der Waals surface area contributed by atoms with Crippen LogP contribution in [0.2, 0.25) is 0 Å². The third-order valence-electron chi connectivity index (χ3n) is 5.60. The average Bonchev–Trinajstić information content (AvgIpc) is 3.31. The topological polar surface area (TPSA) is 116 Å². The Kier molecular flexibility index (Phi) is 6.60. The number of rotatable bonds is 9. The predicted octanol–water partition coefficient (Wildman–Crippen LogP) is 4.01. The second-order valence-corrected chi connectivity index (χ2v) is 9.48. The van der Waals surface area contributed by atoms with Crippen molar-refractivity contribution in [3.63, 3.8) is 0 Å². The van der Waals surface area contributed by atoms with E-state index in [1.165, 1.54) is 4.90 Å². The number of urea groups is 1. The van der Waals surface area contributed by atoms with Crippen LogP contribution in [-0.2, 0) is 9.59 Å². The van der Waals surface area contributed by atoms with Gasteiger partial charge in [-0.25, -0.2) is 14.8 Å². The molecule has 1 saturated heterocycles. The molecule has 0 aliphatic carbocycles. The normalized spacial score (nSPS) is 14.8. The molecule has 1 aromatic carbocycles. The largest absolute Gasteiger partial charge is 0.352 e. The van der Waals surface area contributed by atoms with E-state index < -0.39 is 11.6 Å². The Hall–Kier alpha value is -3.79. The van der Waals surface area contributed by atoms with Crippen LogP contribution in [0.3, 0.4) is 0 Å². The van der Waals surface area contributed by atoms with Crippen LogP contribution >= 0.6 is 11.3 Å². The molecule has 4 amide bonds. The lowest BCUT2D eigenvalue weighted by molar-refractivity contribution is -0.125. The fraction of sp³-hybridized carbons (Fsp3) is 0.292. The summed E-state index contributed by atoms with van der Waals surface area (Å²) in [6, 6.07) is 9.30. The van der Waals surface area contributed by atoms with Crippen molar-refractivity contribution in [1.29, 1.82) is 0 Å². The number of allylic oxidation sites excluding steroid dienone is 1. The number of hydrogen-bond acceptors (Lipinski definition) is 7. The van der Waals surface area contributed by atoms with Crippen molar-refractivity contribution in [2.24, 2.45) is 0 Å². The molecule has 3 heterocycles. The Labute approximate surface area is 201 Å². The molecule has 3 N–H and O–H groups in total. The molecule has 0 spiro atoms. The van der Waals surface area contributed by atoms with Crippen molar-refractivity contribution >= 4 is 50.9 Å². The van der Waals surface area contributed by atoms with Gasteiger partial charge in [0.25, 0.3) is 5.91 Å². The monoisotopic (exact) mass is 478 g/mol. The van der Waals surface area contributed by atoms with E-state index >= 15 is 0 Å². The summed E-state index contributed by atoms with van der Waals surface area (Å²) in [6.45, 7) is 7.80. The van der Waals surface area contributed by atoms with Crippen LogP contribution in [0.1, 0.15) is 26.7 Å². The van der Waals surface area contributed by atoms with Crippen LogP contribution in [0.5, 0.6) is 0 Å². The summed E-state index contributed by atoms with van der Waals surface area (Å²) in [7, 11) is 0. The standard InChI is InChI=1S/C24H26N6O3S/c1-4-5-6-20(31)27-16-7-8-18-15(13-16)14-19(34-18)17-9-10-25-22(28-17)26-11-12-30-23(33)29-21(32)24(30,2)3/h4,7-10,13-14H,1,5-6,11-12H2,2-3H3,(H,27,31)(H,25,26,28)(H,29,32,33). The van der Waals surface area contributed by atoms with E-state index in [0.717, 1.165) is 26.3 Å². The quantitative estimate of drug-likeness (QED) is 0.316. The zero-order chi connectivity index (χ0) is 24.3. The SMILES string of the molecule is C=CCCC(=O)Nc1ccc2sc(-c3ccnc(NCCN4C(=O)NC(=O)C4(C)C)n3)cc2c1. The first-order chi connectivity index (χ1) is 16.3. The number of thiophene rings is 1. The van der Waals surface area contributed by atoms with Crippen LogP contribution in [0, 0.1) is 0 Å². The minimum absolute atomic E-state index is 0.0413. The van der Waals surface area contributed by atoms with Gasteiger partial charge in [-0.15, -0.1) is 17.9 Å². The maximum absolute atomic E-state index is 12.0. The van der Waals surface area contributed by atoms with Crippen LogP contribution in [0.25, 0.3) is 20.7 Å². The summed E-state index contributed by atoms with van der Waals surface area (Å²) in [5, 5.41) is 9.40. The van der Waals surface area contributed by atoms with E-state index in [9.17, 15) is 14.4 Å². The molecule has 0 radical (unpaired) electrons. The Morgan fingerprint density at radius 2 is 2.09 bits per heavy atom. The van der Waals surface area contributed by atoms with Crippen LogP contribution in [-0.4, -0.2) is 51.3 Å². The highest BCUT2D eigenvalue weighted by molar-refractivity contribution is 7.22. The first-order valence-electron chi connectivity index (χ1n) is 10.9. The lowest BCUT2D eigenvalue weighted by Crippen LogP contribution is -2.46. The van der Waals surface area contributed by atoms with Gasteiger partial charge in [-0.05, 0) is 56.0 Å². The van der Waals surface area contributed by atoms with Crippen molar-refractivity contribution in [2.45, 2.75) is 32.2 Å². The molecule has 10 heteroatoms. The molecular weight excluding hydrogens is 452 g/mol. The number of aromatic nitrogens is 2. The number of hydrogen-bond donors (Lipinski definition) is 3. The van der Waals surface area contributed by atoms with Crippen LogP contribution < -0.4 is 16.0 Å². The fourth-order valence-electron chi connectivity index (χ4n) is 3.64. The van der Waals surface area contributed by atoms with Gasteiger partial charge < -0.3 is 15.5 Å². The van der Waals surface area contributed by atoms with Crippen LogP contribution in [0.15, 0.2) is 49.2 Å². The number of nitrogens with one attached hydrogen (secondary N) is 3. The first kappa shape index (κ1) is 23.4. The molecule has 0 saturated carbocycles.